The smallest absolute Gasteiger partial charge is 0.324 e. The van der Waals surface area contributed by atoms with Gasteiger partial charge in [0.15, 0.2) is 0 Å². The zero-order chi connectivity index (χ0) is 18.2. The first-order chi connectivity index (χ1) is 11.8. The Morgan fingerprint density at radius 1 is 1.40 bits per heavy atom. The number of rotatable bonds is 3. The molecule has 25 heavy (non-hydrogen) atoms. The average Bonchev–Trinajstić information content (AvgIpc) is 2.80. The molecule has 0 unspecified atom stereocenters. The quantitative estimate of drug-likeness (QED) is 0.810. The molecule has 1 aromatic carbocycles. The number of nitrogens with one attached hydrogen (secondary N) is 2. The Morgan fingerprint density at radius 2 is 2.16 bits per heavy atom. The SMILES string of the molecule is Cc1c(Cl)cccc1NC(=O)CN1C(=O)N[C@]2(CCCC[C@@H]2C)C1=O. The second-order valence-corrected chi connectivity index (χ2v) is 7.31. The molecule has 1 heterocycles. The van der Waals surface area contributed by atoms with Gasteiger partial charge < -0.3 is 10.6 Å². The van der Waals surface area contributed by atoms with Crippen LogP contribution in [0.15, 0.2) is 18.2 Å². The molecule has 1 saturated heterocycles. The second kappa shape index (κ2) is 6.67. The van der Waals surface area contributed by atoms with Crippen molar-refractivity contribution in [2.45, 2.75) is 45.1 Å². The van der Waals surface area contributed by atoms with Crippen molar-refractivity contribution in [2.75, 3.05) is 11.9 Å². The first kappa shape index (κ1) is 17.7. The summed E-state index contributed by atoms with van der Waals surface area (Å²) in [4.78, 5) is 38.5. The van der Waals surface area contributed by atoms with Crippen LogP contribution < -0.4 is 10.6 Å². The monoisotopic (exact) mass is 363 g/mol. The molecular weight excluding hydrogens is 342 g/mol. The molecule has 6 nitrogen and oxygen atoms in total. The van der Waals surface area contributed by atoms with E-state index in [2.05, 4.69) is 10.6 Å². The fraction of sp³-hybridized carbons (Fsp3) is 0.500. The number of halogens is 1. The lowest BCUT2D eigenvalue weighted by Gasteiger charge is -2.36. The molecule has 0 radical (unpaired) electrons. The van der Waals surface area contributed by atoms with Crippen LogP contribution >= 0.6 is 11.6 Å². The van der Waals surface area contributed by atoms with E-state index in [1.165, 1.54) is 0 Å². The molecule has 2 atom stereocenters. The minimum atomic E-state index is -0.846. The zero-order valence-electron chi connectivity index (χ0n) is 14.4. The summed E-state index contributed by atoms with van der Waals surface area (Å²) in [5, 5.41) is 6.11. The van der Waals surface area contributed by atoms with Crippen molar-refractivity contribution < 1.29 is 14.4 Å². The van der Waals surface area contributed by atoms with E-state index in [-0.39, 0.29) is 18.4 Å². The molecule has 1 spiro atoms. The molecule has 134 valence electrons. The van der Waals surface area contributed by atoms with Gasteiger partial charge in [0.2, 0.25) is 5.91 Å². The van der Waals surface area contributed by atoms with Crippen molar-refractivity contribution >= 4 is 35.1 Å². The van der Waals surface area contributed by atoms with Gasteiger partial charge in [-0.3, -0.25) is 14.5 Å². The molecule has 0 bridgehead atoms. The summed E-state index contributed by atoms with van der Waals surface area (Å²) in [5.41, 5.74) is 0.471. The van der Waals surface area contributed by atoms with Gasteiger partial charge in [0.05, 0.1) is 0 Å². The molecule has 1 aromatic rings. The number of imide groups is 1. The predicted octanol–water partition coefficient (Wildman–Crippen LogP) is 3.09. The normalized spacial score (nSPS) is 26.0. The Labute approximate surface area is 151 Å². The summed E-state index contributed by atoms with van der Waals surface area (Å²) in [6, 6.07) is 4.71. The summed E-state index contributed by atoms with van der Waals surface area (Å²) < 4.78 is 0. The summed E-state index contributed by atoms with van der Waals surface area (Å²) in [5.74, 6) is -0.641. The maximum absolute atomic E-state index is 12.9. The average molecular weight is 364 g/mol. The Hall–Kier alpha value is -2.08. The molecule has 7 heteroatoms. The lowest BCUT2D eigenvalue weighted by molar-refractivity contribution is -0.136. The van der Waals surface area contributed by atoms with E-state index < -0.39 is 17.5 Å². The highest BCUT2D eigenvalue weighted by Gasteiger charge is 2.55. The van der Waals surface area contributed by atoms with Crippen LogP contribution in [0.3, 0.4) is 0 Å². The van der Waals surface area contributed by atoms with Crippen LogP contribution in [-0.4, -0.2) is 34.8 Å². The maximum atomic E-state index is 12.9. The molecule has 4 amide bonds. The van der Waals surface area contributed by atoms with E-state index >= 15 is 0 Å². The van der Waals surface area contributed by atoms with E-state index in [0.717, 1.165) is 29.7 Å². The zero-order valence-corrected chi connectivity index (χ0v) is 15.2. The van der Waals surface area contributed by atoms with Crippen molar-refractivity contribution in [3.63, 3.8) is 0 Å². The Balaban J connectivity index is 1.72. The van der Waals surface area contributed by atoms with Crippen LogP contribution in [-0.2, 0) is 9.59 Å². The van der Waals surface area contributed by atoms with Crippen LogP contribution in [0.1, 0.15) is 38.2 Å². The van der Waals surface area contributed by atoms with Gasteiger partial charge in [-0.05, 0) is 43.4 Å². The van der Waals surface area contributed by atoms with Gasteiger partial charge in [-0.1, -0.05) is 37.4 Å². The molecule has 1 saturated carbocycles. The number of hydrogen-bond donors (Lipinski definition) is 2. The first-order valence-electron chi connectivity index (χ1n) is 8.54. The molecule has 2 aliphatic rings. The third-order valence-corrected chi connectivity index (χ3v) is 5.75. The summed E-state index contributed by atoms with van der Waals surface area (Å²) in [6.45, 7) is 3.48. The Kier molecular flexibility index (Phi) is 4.73. The van der Waals surface area contributed by atoms with Gasteiger partial charge in [-0.25, -0.2) is 4.79 Å². The maximum Gasteiger partial charge on any atom is 0.325 e. The topological polar surface area (TPSA) is 78.5 Å². The molecule has 2 N–H and O–H groups in total. The molecular formula is C18H22ClN3O3. The largest absolute Gasteiger partial charge is 0.325 e. The first-order valence-corrected chi connectivity index (χ1v) is 8.92. The van der Waals surface area contributed by atoms with Gasteiger partial charge in [0.25, 0.3) is 5.91 Å². The van der Waals surface area contributed by atoms with Crippen LogP contribution in [0.4, 0.5) is 10.5 Å². The summed E-state index contributed by atoms with van der Waals surface area (Å²) in [6.07, 6.45) is 3.48. The number of urea groups is 1. The number of nitrogens with zero attached hydrogens (tertiary/aromatic N) is 1. The number of carbonyl (C=O) groups excluding carboxylic acids is 3. The number of benzene rings is 1. The van der Waals surface area contributed by atoms with E-state index in [1.54, 1.807) is 25.1 Å². The van der Waals surface area contributed by atoms with Gasteiger partial charge in [0, 0.05) is 10.7 Å². The van der Waals surface area contributed by atoms with Crippen LogP contribution in [0.5, 0.6) is 0 Å². The Bertz CT molecular complexity index is 736. The van der Waals surface area contributed by atoms with Crippen molar-refractivity contribution in [1.29, 1.82) is 0 Å². The standard InChI is InChI=1S/C18H22ClN3O3/c1-11-6-3-4-9-18(11)16(24)22(17(25)21-18)10-15(23)20-14-8-5-7-13(19)12(14)2/h5,7-8,11H,3-4,6,9-10H2,1-2H3,(H,20,23)(H,21,25)/t11-,18-/m0/s1. The van der Waals surface area contributed by atoms with Crippen molar-refractivity contribution in [3.05, 3.63) is 28.8 Å². The fourth-order valence-electron chi connectivity index (χ4n) is 3.72. The van der Waals surface area contributed by atoms with Crippen LogP contribution in [0.25, 0.3) is 0 Å². The molecule has 2 fully saturated rings. The van der Waals surface area contributed by atoms with E-state index in [1.807, 2.05) is 6.92 Å². The summed E-state index contributed by atoms with van der Waals surface area (Å²) in [7, 11) is 0. The molecule has 1 aliphatic heterocycles. The number of carbonyl (C=O) groups is 3. The molecule has 1 aliphatic carbocycles. The van der Waals surface area contributed by atoms with E-state index in [9.17, 15) is 14.4 Å². The highest BCUT2D eigenvalue weighted by molar-refractivity contribution is 6.31. The van der Waals surface area contributed by atoms with Gasteiger partial charge in [-0.2, -0.15) is 0 Å². The number of anilines is 1. The fourth-order valence-corrected chi connectivity index (χ4v) is 3.89. The number of amides is 4. The van der Waals surface area contributed by atoms with Gasteiger partial charge >= 0.3 is 6.03 Å². The predicted molar refractivity (Wildman–Crippen MR) is 95.4 cm³/mol. The van der Waals surface area contributed by atoms with Crippen LogP contribution in [0, 0.1) is 12.8 Å². The Morgan fingerprint density at radius 3 is 2.88 bits per heavy atom. The lowest BCUT2D eigenvalue weighted by atomic mass is 9.73. The lowest BCUT2D eigenvalue weighted by Crippen LogP contribution is -2.54. The second-order valence-electron chi connectivity index (χ2n) is 6.90. The third kappa shape index (κ3) is 3.11. The minimum Gasteiger partial charge on any atom is -0.324 e. The van der Waals surface area contributed by atoms with Crippen molar-refractivity contribution in [2.24, 2.45) is 5.92 Å². The summed E-state index contributed by atoms with van der Waals surface area (Å²) >= 11 is 6.05. The third-order valence-electron chi connectivity index (χ3n) is 5.34. The highest BCUT2D eigenvalue weighted by atomic mass is 35.5. The van der Waals surface area contributed by atoms with Gasteiger partial charge in [-0.15, -0.1) is 0 Å². The van der Waals surface area contributed by atoms with Crippen molar-refractivity contribution in [1.82, 2.24) is 10.2 Å². The van der Waals surface area contributed by atoms with E-state index in [4.69, 9.17) is 11.6 Å². The molecule has 3 rings (SSSR count). The molecule has 0 aromatic heterocycles. The van der Waals surface area contributed by atoms with Crippen molar-refractivity contribution in [3.8, 4) is 0 Å². The minimum absolute atomic E-state index is 0.0703. The highest BCUT2D eigenvalue weighted by Crippen LogP contribution is 2.38. The van der Waals surface area contributed by atoms with Crippen LogP contribution in [0.2, 0.25) is 5.02 Å². The van der Waals surface area contributed by atoms with Gasteiger partial charge in [0.1, 0.15) is 12.1 Å². The van der Waals surface area contributed by atoms with E-state index in [0.29, 0.717) is 17.1 Å². The number of hydrogen-bond acceptors (Lipinski definition) is 3.